The lowest BCUT2D eigenvalue weighted by atomic mass is 9.75. The Hall–Kier alpha value is -2.64. The van der Waals surface area contributed by atoms with Crippen LogP contribution in [0.4, 0.5) is 14.9 Å². The van der Waals surface area contributed by atoms with Crippen molar-refractivity contribution >= 4 is 23.7 Å². The minimum absolute atomic E-state index is 0.217. The number of esters is 1. The Labute approximate surface area is 145 Å². The van der Waals surface area contributed by atoms with Gasteiger partial charge in [0, 0.05) is 25.8 Å². The number of likely N-dealkylation sites (tertiary alicyclic amines) is 1. The Morgan fingerprint density at radius 3 is 2.28 bits per heavy atom. The quantitative estimate of drug-likeness (QED) is 0.839. The molecule has 0 saturated carbocycles. The van der Waals surface area contributed by atoms with Crippen LogP contribution in [0, 0.1) is 11.2 Å². The SMILES string of the molecule is COC(=O)C1(CC(=O)O)CCN(C(=O)N(C)c2ccc(F)cc2)CC1. The number of aliphatic carboxylic acids is 1. The average Bonchev–Trinajstić information content (AvgIpc) is 2.60. The highest BCUT2D eigenvalue weighted by atomic mass is 19.1. The molecule has 2 rings (SSSR count). The summed E-state index contributed by atoms with van der Waals surface area (Å²) in [5, 5.41) is 9.08. The van der Waals surface area contributed by atoms with Gasteiger partial charge in [0.15, 0.2) is 0 Å². The Kier molecular flexibility index (Phi) is 5.61. The third-order valence-electron chi connectivity index (χ3n) is 4.60. The van der Waals surface area contributed by atoms with Crippen molar-refractivity contribution in [2.24, 2.45) is 5.41 Å². The molecule has 136 valence electrons. The first-order chi connectivity index (χ1) is 11.8. The second-order valence-electron chi connectivity index (χ2n) is 6.15. The predicted molar refractivity (Wildman–Crippen MR) is 87.7 cm³/mol. The summed E-state index contributed by atoms with van der Waals surface area (Å²) in [6.45, 7) is 0.486. The zero-order valence-corrected chi connectivity index (χ0v) is 14.2. The van der Waals surface area contributed by atoms with Crippen LogP contribution in [0.25, 0.3) is 0 Å². The summed E-state index contributed by atoms with van der Waals surface area (Å²) < 4.78 is 17.8. The molecule has 1 aliphatic heterocycles. The lowest BCUT2D eigenvalue weighted by Crippen LogP contribution is -2.51. The highest BCUT2D eigenvalue weighted by Gasteiger charge is 2.45. The van der Waals surface area contributed by atoms with E-state index in [4.69, 9.17) is 9.84 Å². The van der Waals surface area contributed by atoms with Crippen LogP contribution in [0.2, 0.25) is 0 Å². The van der Waals surface area contributed by atoms with Gasteiger partial charge in [-0.25, -0.2) is 9.18 Å². The molecule has 0 unspecified atom stereocenters. The number of nitrogens with zero attached hydrogens (tertiary/aromatic N) is 2. The lowest BCUT2D eigenvalue weighted by molar-refractivity contribution is -0.161. The van der Waals surface area contributed by atoms with E-state index in [0.717, 1.165) is 0 Å². The van der Waals surface area contributed by atoms with Crippen LogP contribution in [0.5, 0.6) is 0 Å². The maximum atomic E-state index is 13.0. The number of ether oxygens (including phenoxy) is 1. The number of piperidine rings is 1. The molecular formula is C17H21FN2O5. The fraction of sp³-hybridized carbons (Fsp3) is 0.471. The number of carbonyl (C=O) groups excluding carboxylic acids is 2. The predicted octanol–water partition coefficient (Wildman–Crippen LogP) is 2.11. The van der Waals surface area contributed by atoms with Gasteiger partial charge in [-0.15, -0.1) is 0 Å². The lowest BCUT2D eigenvalue weighted by Gasteiger charge is -2.40. The molecule has 7 nitrogen and oxygen atoms in total. The maximum Gasteiger partial charge on any atom is 0.324 e. The van der Waals surface area contributed by atoms with Gasteiger partial charge < -0.3 is 14.7 Å². The number of hydrogen-bond acceptors (Lipinski definition) is 4. The summed E-state index contributed by atoms with van der Waals surface area (Å²) in [6.07, 6.45) is 0.111. The van der Waals surface area contributed by atoms with Crippen molar-refractivity contribution < 1.29 is 28.6 Å². The van der Waals surface area contributed by atoms with Crippen LogP contribution in [-0.4, -0.2) is 55.2 Å². The van der Waals surface area contributed by atoms with Gasteiger partial charge in [0.05, 0.1) is 18.9 Å². The molecule has 25 heavy (non-hydrogen) atoms. The molecule has 8 heteroatoms. The Morgan fingerprint density at radius 2 is 1.80 bits per heavy atom. The number of urea groups is 1. The van der Waals surface area contributed by atoms with Crippen LogP contribution >= 0.6 is 0 Å². The first kappa shape index (κ1) is 18.7. The second kappa shape index (κ2) is 7.50. The number of carboxylic acids is 1. The molecule has 1 aliphatic rings. The molecule has 1 aromatic carbocycles. The van der Waals surface area contributed by atoms with Crippen molar-refractivity contribution in [3.05, 3.63) is 30.1 Å². The monoisotopic (exact) mass is 352 g/mol. The fourth-order valence-electron chi connectivity index (χ4n) is 3.07. The highest BCUT2D eigenvalue weighted by Crippen LogP contribution is 2.37. The van der Waals surface area contributed by atoms with Crippen molar-refractivity contribution in [1.29, 1.82) is 0 Å². The van der Waals surface area contributed by atoms with Gasteiger partial charge >= 0.3 is 18.0 Å². The number of methoxy groups -OCH3 is 1. The van der Waals surface area contributed by atoms with Gasteiger partial charge in [0.1, 0.15) is 5.82 Å². The first-order valence-electron chi connectivity index (χ1n) is 7.87. The van der Waals surface area contributed by atoms with Crippen LogP contribution < -0.4 is 4.90 Å². The Balaban J connectivity index is 2.06. The smallest absolute Gasteiger partial charge is 0.324 e. The summed E-state index contributed by atoms with van der Waals surface area (Å²) in [5.41, 5.74) is -0.562. The van der Waals surface area contributed by atoms with Crippen LogP contribution in [0.1, 0.15) is 19.3 Å². The van der Waals surface area contributed by atoms with Crippen LogP contribution in [0.15, 0.2) is 24.3 Å². The molecule has 0 atom stereocenters. The van der Waals surface area contributed by atoms with E-state index in [2.05, 4.69) is 0 Å². The standard InChI is InChI=1S/C17H21FN2O5/c1-19(13-5-3-12(18)4-6-13)16(24)20-9-7-17(8-10-20,11-14(21)22)15(23)25-2/h3-6H,7-11H2,1-2H3,(H,21,22). The number of halogens is 1. The number of carbonyl (C=O) groups is 3. The van der Waals surface area contributed by atoms with E-state index in [-0.39, 0.29) is 44.2 Å². The minimum atomic E-state index is -1.11. The molecule has 0 spiro atoms. The van der Waals surface area contributed by atoms with Gasteiger partial charge in [-0.2, -0.15) is 0 Å². The molecule has 1 N–H and O–H groups in total. The van der Waals surface area contributed by atoms with Crippen LogP contribution in [-0.2, 0) is 14.3 Å². The largest absolute Gasteiger partial charge is 0.481 e. The molecular weight excluding hydrogens is 331 g/mol. The number of amides is 2. The molecule has 0 aliphatic carbocycles. The highest BCUT2D eigenvalue weighted by molar-refractivity contribution is 5.92. The topological polar surface area (TPSA) is 87.1 Å². The molecule has 1 aromatic rings. The third kappa shape index (κ3) is 4.07. The molecule has 0 radical (unpaired) electrons. The Bertz CT molecular complexity index is 654. The number of carboxylic acid groups (broad SMARTS) is 1. The van der Waals surface area contributed by atoms with Gasteiger partial charge in [0.2, 0.25) is 0 Å². The fourth-order valence-corrected chi connectivity index (χ4v) is 3.07. The molecule has 1 fully saturated rings. The van der Waals surface area contributed by atoms with E-state index in [0.29, 0.717) is 5.69 Å². The zero-order valence-electron chi connectivity index (χ0n) is 14.2. The maximum absolute atomic E-state index is 13.0. The summed E-state index contributed by atoms with van der Waals surface area (Å²) in [6, 6.07) is 5.25. The summed E-state index contributed by atoms with van der Waals surface area (Å²) in [4.78, 5) is 38.7. The van der Waals surface area contributed by atoms with Gasteiger partial charge in [-0.3, -0.25) is 14.5 Å². The number of rotatable bonds is 4. The average molecular weight is 352 g/mol. The van der Waals surface area contributed by atoms with Gasteiger partial charge in [0.25, 0.3) is 0 Å². The minimum Gasteiger partial charge on any atom is -0.481 e. The van der Waals surface area contributed by atoms with E-state index in [1.165, 1.54) is 36.3 Å². The van der Waals surface area contributed by atoms with Crippen molar-refractivity contribution in [3.63, 3.8) is 0 Å². The number of hydrogen-bond donors (Lipinski definition) is 1. The molecule has 1 heterocycles. The van der Waals surface area contributed by atoms with E-state index in [9.17, 15) is 18.8 Å². The zero-order chi connectivity index (χ0) is 18.6. The molecule has 2 amide bonds. The van der Waals surface area contributed by atoms with E-state index in [1.807, 2.05) is 0 Å². The summed E-state index contributed by atoms with van der Waals surface area (Å²) >= 11 is 0. The molecule has 0 bridgehead atoms. The van der Waals surface area contributed by atoms with Crippen molar-refractivity contribution in [2.45, 2.75) is 19.3 Å². The summed E-state index contributed by atoms with van der Waals surface area (Å²) in [5.74, 6) is -2.03. The second-order valence-corrected chi connectivity index (χ2v) is 6.15. The number of benzene rings is 1. The van der Waals surface area contributed by atoms with E-state index >= 15 is 0 Å². The van der Waals surface area contributed by atoms with Gasteiger partial charge in [-0.05, 0) is 37.1 Å². The van der Waals surface area contributed by atoms with E-state index < -0.39 is 17.4 Å². The van der Waals surface area contributed by atoms with Gasteiger partial charge in [-0.1, -0.05) is 0 Å². The normalized spacial score (nSPS) is 16.2. The Morgan fingerprint density at radius 1 is 1.24 bits per heavy atom. The summed E-state index contributed by atoms with van der Waals surface area (Å²) in [7, 11) is 2.81. The van der Waals surface area contributed by atoms with Crippen molar-refractivity contribution in [2.75, 3.05) is 32.1 Å². The first-order valence-corrected chi connectivity index (χ1v) is 7.87. The number of anilines is 1. The molecule has 1 saturated heterocycles. The molecule has 0 aromatic heterocycles. The third-order valence-corrected chi connectivity index (χ3v) is 4.60. The van der Waals surface area contributed by atoms with Crippen molar-refractivity contribution in [3.8, 4) is 0 Å². The van der Waals surface area contributed by atoms with Crippen molar-refractivity contribution in [1.82, 2.24) is 4.90 Å². The van der Waals surface area contributed by atoms with E-state index in [1.54, 1.807) is 11.9 Å². The van der Waals surface area contributed by atoms with Crippen LogP contribution in [0.3, 0.4) is 0 Å².